The summed E-state index contributed by atoms with van der Waals surface area (Å²) in [4.78, 5) is 24.3. The number of pyridine rings is 1. The van der Waals surface area contributed by atoms with Crippen molar-refractivity contribution in [2.45, 2.75) is 25.0 Å². The summed E-state index contributed by atoms with van der Waals surface area (Å²) in [5.41, 5.74) is 1.78. The van der Waals surface area contributed by atoms with Crippen LogP contribution in [0.4, 0.5) is 0 Å². The summed E-state index contributed by atoms with van der Waals surface area (Å²) in [5.74, 6) is 1.08. The fraction of sp³-hybridized carbons (Fsp3) is 0.316. The van der Waals surface area contributed by atoms with Gasteiger partial charge in [-0.05, 0) is 18.2 Å². The van der Waals surface area contributed by atoms with Crippen molar-refractivity contribution in [3.63, 3.8) is 0 Å². The van der Waals surface area contributed by atoms with E-state index in [0.29, 0.717) is 31.3 Å². The fourth-order valence-corrected chi connectivity index (χ4v) is 3.07. The van der Waals surface area contributed by atoms with Gasteiger partial charge in [0.15, 0.2) is 0 Å². The van der Waals surface area contributed by atoms with E-state index in [9.17, 15) is 4.79 Å². The van der Waals surface area contributed by atoms with Gasteiger partial charge in [-0.1, -0.05) is 18.2 Å². The van der Waals surface area contributed by atoms with Gasteiger partial charge < -0.3 is 19.8 Å². The average molecular weight is 352 g/mol. The second-order valence-corrected chi connectivity index (χ2v) is 6.24. The lowest BCUT2D eigenvalue weighted by molar-refractivity contribution is -0.123. The van der Waals surface area contributed by atoms with Gasteiger partial charge in [0.2, 0.25) is 11.8 Å². The zero-order valence-electron chi connectivity index (χ0n) is 14.2. The van der Waals surface area contributed by atoms with Gasteiger partial charge in [-0.2, -0.15) is 0 Å². The summed E-state index contributed by atoms with van der Waals surface area (Å²) in [7, 11) is 0. The second-order valence-electron chi connectivity index (χ2n) is 6.24. The summed E-state index contributed by atoms with van der Waals surface area (Å²) in [6.45, 7) is 1.02. The predicted molar refractivity (Wildman–Crippen MR) is 95.8 cm³/mol. The maximum absolute atomic E-state index is 12.5. The normalized spacial score (nSPS) is 20.0. The number of aromatic nitrogens is 3. The molecule has 0 spiro atoms. The van der Waals surface area contributed by atoms with Crippen molar-refractivity contribution in [2.24, 2.45) is 0 Å². The zero-order valence-corrected chi connectivity index (χ0v) is 14.2. The molecular weight excluding hydrogens is 332 g/mol. The third kappa shape index (κ3) is 3.83. The number of carbonyl (C=O) groups is 1. The minimum atomic E-state index is -0.220. The minimum Gasteiger partial charge on any atom is -0.472 e. The first kappa shape index (κ1) is 16.5. The summed E-state index contributed by atoms with van der Waals surface area (Å²) in [6, 6.07) is 13.0. The molecule has 1 aliphatic rings. The number of imidazole rings is 1. The number of para-hydroxylation sites is 2. The van der Waals surface area contributed by atoms with Gasteiger partial charge in [-0.3, -0.25) is 4.79 Å². The molecule has 0 saturated carbocycles. The van der Waals surface area contributed by atoms with Crippen LogP contribution in [0, 0.1) is 0 Å². The summed E-state index contributed by atoms with van der Waals surface area (Å²) in [6.07, 6.45) is 2.40. The van der Waals surface area contributed by atoms with E-state index in [0.717, 1.165) is 11.0 Å². The van der Waals surface area contributed by atoms with Crippen LogP contribution < -0.4 is 10.1 Å². The largest absolute Gasteiger partial charge is 0.472 e. The topological polar surface area (TPSA) is 89.1 Å². The van der Waals surface area contributed by atoms with E-state index in [1.165, 1.54) is 0 Å². The number of carbonyl (C=O) groups excluding carboxylic acids is 1. The van der Waals surface area contributed by atoms with E-state index in [-0.39, 0.29) is 24.5 Å². The SMILES string of the molecule is O=C(Cc1nc2ccccc2[nH]1)N[C@@H]1COCC[C@H]1Oc1ccccn1. The Labute approximate surface area is 150 Å². The first-order valence-electron chi connectivity index (χ1n) is 8.66. The number of nitrogens with zero attached hydrogens (tertiary/aromatic N) is 2. The molecule has 0 aliphatic carbocycles. The number of aromatic amines is 1. The molecule has 7 nitrogen and oxygen atoms in total. The van der Waals surface area contributed by atoms with Gasteiger partial charge in [0.25, 0.3) is 0 Å². The van der Waals surface area contributed by atoms with E-state index < -0.39 is 0 Å². The number of amides is 1. The highest BCUT2D eigenvalue weighted by Gasteiger charge is 2.29. The van der Waals surface area contributed by atoms with E-state index in [1.54, 1.807) is 6.20 Å². The Morgan fingerprint density at radius 2 is 2.15 bits per heavy atom. The van der Waals surface area contributed by atoms with Crippen molar-refractivity contribution in [3.8, 4) is 5.88 Å². The lowest BCUT2D eigenvalue weighted by Crippen LogP contribution is -2.52. The number of H-pyrrole nitrogens is 1. The van der Waals surface area contributed by atoms with Crippen molar-refractivity contribution < 1.29 is 14.3 Å². The van der Waals surface area contributed by atoms with Crippen LogP contribution in [-0.2, 0) is 16.0 Å². The molecule has 7 heteroatoms. The Morgan fingerprint density at radius 3 is 3.00 bits per heavy atom. The average Bonchev–Trinajstić information content (AvgIpc) is 3.06. The molecule has 1 saturated heterocycles. The summed E-state index contributed by atoms with van der Waals surface area (Å²) in [5, 5.41) is 3.01. The van der Waals surface area contributed by atoms with Crippen molar-refractivity contribution in [3.05, 3.63) is 54.5 Å². The fourth-order valence-electron chi connectivity index (χ4n) is 3.07. The van der Waals surface area contributed by atoms with Gasteiger partial charge >= 0.3 is 0 Å². The minimum absolute atomic E-state index is 0.117. The molecular formula is C19H20N4O3. The molecule has 0 bridgehead atoms. The molecule has 0 radical (unpaired) electrons. The Bertz CT molecular complexity index is 848. The number of benzene rings is 1. The van der Waals surface area contributed by atoms with Crippen molar-refractivity contribution in [1.82, 2.24) is 20.3 Å². The monoisotopic (exact) mass is 352 g/mol. The highest BCUT2D eigenvalue weighted by atomic mass is 16.5. The summed E-state index contributed by atoms with van der Waals surface area (Å²) >= 11 is 0. The van der Waals surface area contributed by atoms with Crippen molar-refractivity contribution >= 4 is 16.9 Å². The molecule has 2 aromatic heterocycles. The van der Waals surface area contributed by atoms with Gasteiger partial charge in [-0.25, -0.2) is 9.97 Å². The lowest BCUT2D eigenvalue weighted by atomic mass is 10.1. The van der Waals surface area contributed by atoms with Crippen molar-refractivity contribution in [2.75, 3.05) is 13.2 Å². The first-order chi connectivity index (χ1) is 12.8. The highest BCUT2D eigenvalue weighted by Crippen LogP contribution is 2.16. The Kier molecular flexibility index (Phi) is 4.79. The van der Waals surface area contributed by atoms with E-state index >= 15 is 0 Å². The highest BCUT2D eigenvalue weighted by molar-refractivity contribution is 5.80. The van der Waals surface area contributed by atoms with Crippen LogP contribution in [0.1, 0.15) is 12.2 Å². The maximum Gasteiger partial charge on any atom is 0.228 e. The first-order valence-corrected chi connectivity index (χ1v) is 8.66. The molecule has 3 aromatic rings. The number of fused-ring (bicyclic) bond motifs is 1. The smallest absolute Gasteiger partial charge is 0.228 e. The maximum atomic E-state index is 12.5. The molecule has 1 aromatic carbocycles. The van der Waals surface area contributed by atoms with Gasteiger partial charge in [0.05, 0.1) is 36.7 Å². The van der Waals surface area contributed by atoms with E-state index in [4.69, 9.17) is 9.47 Å². The van der Waals surface area contributed by atoms with Crippen LogP contribution in [0.15, 0.2) is 48.7 Å². The number of hydrogen-bond acceptors (Lipinski definition) is 5. The van der Waals surface area contributed by atoms with Crippen LogP contribution in [0.2, 0.25) is 0 Å². The van der Waals surface area contributed by atoms with Crippen LogP contribution in [0.5, 0.6) is 5.88 Å². The third-order valence-electron chi connectivity index (χ3n) is 4.32. The van der Waals surface area contributed by atoms with E-state index in [2.05, 4.69) is 20.3 Å². The molecule has 134 valence electrons. The number of nitrogens with one attached hydrogen (secondary N) is 2. The molecule has 0 unspecified atom stereocenters. The molecule has 26 heavy (non-hydrogen) atoms. The number of rotatable bonds is 5. The lowest BCUT2D eigenvalue weighted by Gasteiger charge is -2.32. The van der Waals surface area contributed by atoms with Crippen molar-refractivity contribution in [1.29, 1.82) is 0 Å². The van der Waals surface area contributed by atoms with E-state index in [1.807, 2.05) is 42.5 Å². The third-order valence-corrected chi connectivity index (χ3v) is 4.32. The molecule has 2 N–H and O–H groups in total. The quantitative estimate of drug-likeness (QED) is 0.732. The van der Waals surface area contributed by atoms with Gasteiger partial charge in [-0.15, -0.1) is 0 Å². The Hall–Kier alpha value is -2.93. The molecule has 2 atom stereocenters. The standard InChI is InChI=1S/C19H20N4O3/c24-18(11-17-21-13-5-1-2-6-14(13)22-17)23-15-12-25-10-8-16(15)26-19-7-3-4-9-20-19/h1-7,9,15-16H,8,10-12H2,(H,21,22)(H,23,24)/t15-,16-/m1/s1. The Morgan fingerprint density at radius 1 is 1.27 bits per heavy atom. The Balaban J connectivity index is 1.39. The van der Waals surface area contributed by atoms with Crippen LogP contribution in [0.3, 0.4) is 0 Å². The zero-order chi connectivity index (χ0) is 17.8. The number of hydrogen-bond donors (Lipinski definition) is 2. The molecule has 3 heterocycles. The van der Waals surface area contributed by atoms with Gasteiger partial charge in [0, 0.05) is 18.7 Å². The van der Waals surface area contributed by atoms with Gasteiger partial charge in [0.1, 0.15) is 11.9 Å². The molecule has 4 rings (SSSR count). The summed E-state index contributed by atoms with van der Waals surface area (Å²) < 4.78 is 11.4. The predicted octanol–water partition coefficient (Wildman–Crippen LogP) is 1.85. The molecule has 1 aliphatic heterocycles. The van der Waals surface area contributed by atoms with Crippen LogP contribution in [-0.4, -0.2) is 46.2 Å². The second kappa shape index (κ2) is 7.53. The molecule has 1 fully saturated rings. The van der Waals surface area contributed by atoms with Crippen LogP contribution >= 0.6 is 0 Å². The number of ether oxygens (including phenoxy) is 2. The molecule has 1 amide bonds. The van der Waals surface area contributed by atoms with Crippen LogP contribution in [0.25, 0.3) is 11.0 Å².